The van der Waals surface area contributed by atoms with Crippen LogP contribution in [0.2, 0.25) is 0 Å². The summed E-state index contributed by atoms with van der Waals surface area (Å²) in [6.07, 6.45) is 8.60. The Bertz CT molecular complexity index is 220. The Balaban J connectivity index is 1.79. The highest BCUT2D eigenvalue weighted by molar-refractivity contribution is 14.1. The second kappa shape index (κ2) is 4.18. The monoisotopic (exact) mass is 292 g/mol. The molecule has 2 bridgehead atoms. The van der Waals surface area contributed by atoms with Crippen LogP contribution in [0.4, 0.5) is 0 Å². The van der Waals surface area contributed by atoms with Crippen LogP contribution >= 0.6 is 34.4 Å². The topological polar surface area (TPSA) is 0 Å². The van der Waals surface area contributed by atoms with Crippen LogP contribution in [0.25, 0.3) is 0 Å². The highest BCUT2D eigenvalue weighted by Gasteiger charge is 2.27. The molecule has 2 atom stereocenters. The van der Waals surface area contributed by atoms with Crippen LogP contribution < -0.4 is 0 Å². The van der Waals surface area contributed by atoms with E-state index >= 15 is 0 Å². The molecule has 0 unspecified atom stereocenters. The minimum Gasteiger partial charge on any atom is -0.157 e. The molecule has 0 heterocycles. The molecule has 0 fully saturated rings. The number of rotatable bonds is 4. The smallest absolute Gasteiger partial charge is 0.0149 e. The molecule has 2 aliphatic rings. The Labute approximate surface area is 92.0 Å². The first-order valence-electron chi connectivity index (χ1n) is 4.43. The lowest BCUT2D eigenvalue weighted by molar-refractivity contribution is 0.715. The minimum atomic E-state index is 0.796. The summed E-state index contributed by atoms with van der Waals surface area (Å²) in [5, 5.41) is 0. The van der Waals surface area contributed by atoms with Gasteiger partial charge in [-0.25, -0.2) is 0 Å². The lowest BCUT2D eigenvalue weighted by Gasteiger charge is -2.08. The number of allylic oxidation sites excluding steroid dienone is 3. The van der Waals surface area contributed by atoms with Crippen molar-refractivity contribution < 1.29 is 0 Å². The molecule has 0 radical (unpaired) electrons. The fraction of sp³-hybridized carbons (Fsp3) is 0.600. The summed E-state index contributed by atoms with van der Waals surface area (Å²) in [4.78, 5) is 0. The molecule has 2 aliphatic carbocycles. The maximum Gasteiger partial charge on any atom is 0.0149 e. The van der Waals surface area contributed by atoms with Crippen molar-refractivity contribution in [2.75, 3.05) is 15.9 Å². The quantitative estimate of drug-likeness (QED) is 0.332. The van der Waals surface area contributed by atoms with Crippen molar-refractivity contribution in [2.45, 2.75) is 6.42 Å². The van der Waals surface area contributed by atoms with Gasteiger partial charge in [0.15, 0.2) is 0 Å². The zero-order valence-corrected chi connectivity index (χ0v) is 9.98. The Kier molecular flexibility index (Phi) is 3.18. The van der Waals surface area contributed by atoms with Crippen molar-refractivity contribution in [3.63, 3.8) is 0 Å². The Hall–Kier alpha value is 0.560. The maximum absolute atomic E-state index is 2.48. The summed E-state index contributed by atoms with van der Waals surface area (Å²) in [6, 6.07) is 0. The van der Waals surface area contributed by atoms with E-state index in [4.69, 9.17) is 0 Å². The summed E-state index contributed by atoms with van der Waals surface area (Å²) in [6.45, 7) is 0. The zero-order valence-electron chi connectivity index (χ0n) is 7.00. The molecular weight excluding hydrogens is 279 g/mol. The molecule has 2 heteroatoms. The first-order valence-corrected chi connectivity index (χ1v) is 7.11. The summed E-state index contributed by atoms with van der Waals surface area (Å²) < 4.78 is 1.28. The lowest BCUT2D eigenvalue weighted by atomic mass is 10.1. The Morgan fingerprint density at radius 2 is 2.42 bits per heavy atom. The number of hydrogen-bond donors (Lipinski definition) is 0. The van der Waals surface area contributed by atoms with Gasteiger partial charge in [0.05, 0.1) is 0 Å². The summed E-state index contributed by atoms with van der Waals surface area (Å²) in [7, 11) is 0. The van der Waals surface area contributed by atoms with Crippen LogP contribution in [0, 0.1) is 11.8 Å². The van der Waals surface area contributed by atoms with E-state index in [-0.39, 0.29) is 0 Å². The van der Waals surface area contributed by atoms with Gasteiger partial charge in [-0.05, 0) is 18.3 Å². The average molecular weight is 292 g/mol. The predicted molar refractivity (Wildman–Crippen MR) is 65.0 cm³/mol. The Morgan fingerprint density at radius 1 is 1.50 bits per heavy atom. The van der Waals surface area contributed by atoms with E-state index in [1.54, 1.807) is 5.57 Å². The van der Waals surface area contributed by atoms with Crippen molar-refractivity contribution in [3.8, 4) is 0 Å². The largest absolute Gasteiger partial charge is 0.157 e. The highest BCUT2D eigenvalue weighted by Crippen LogP contribution is 2.39. The maximum atomic E-state index is 2.48. The van der Waals surface area contributed by atoms with Gasteiger partial charge in [-0.3, -0.25) is 0 Å². The summed E-state index contributed by atoms with van der Waals surface area (Å²) in [5.41, 5.74) is 1.69. The number of hydrogen-bond acceptors (Lipinski definition) is 1. The molecule has 0 aromatic heterocycles. The molecule has 12 heavy (non-hydrogen) atoms. The molecule has 0 aromatic carbocycles. The SMILES string of the molecule is ICCSCC1=C[C@H]2C=C[C@@H]1C2. The van der Waals surface area contributed by atoms with Crippen molar-refractivity contribution in [1.82, 2.24) is 0 Å². The van der Waals surface area contributed by atoms with Crippen LogP contribution in [0.1, 0.15) is 6.42 Å². The van der Waals surface area contributed by atoms with Crippen LogP contribution in [0.5, 0.6) is 0 Å². The predicted octanol–water partition coefficient (Wildman–Crippen LogP) is 3.29. The van der Waals surface area contributed by atoms with Crippen LogP contribution in [-0.4, -0.2) is 15.9 Å². The minimum absolute atomic E-state index is 0.796. The molecule has 0 amide bonds. The first-order chi connectivity index (χ1) is 5.90. The third-order valence-corrected chi connectivity index (χ3v) is 4.81. The van der Waals surface area contributed by atoms with E-state index < -0.39 is 0 Å². The molecule has 0 N–H and O–H groups in total. The number of alkyl halides is 1. The van der Waals surface area contributed by atoms with E-state index in [0.29, 0.717) is 0 Å². The van der Waals surface area contributed by atoms with Gasteiger partial charge in [0.1, 0.15) is 0 Å². The van der Waals surface area contributed by atoms with Crippen molar-refractivity contribution in [1.29, 1.82) is 0 Å². The summed E-state index contributed by atoms with van der Waals surface area (Å²) in [5.74, 6) is 4.19. The number of thioether (sulfide) groups is 1. The molecule has 0 saturated heterocycles. The fourth-order valence-corrected chi connectivity index (χ4v) is 3.66. The van der Waals surface area contributed by atoms with E-state index in [1.165, 1.54) is 22.4 Å². The van der Waals surface area contributed by atoms with Gasteiger partial charge in [0.25, 0.3) is 0 Å². The van der Waals surface area contributed by atoms with E-state index in [2.05, 4.69) is 52.6 Å². The van der Waals surface area contributed by atoms with Gasteiger partial charge in [0.2, 0.25) is 0 Å². The van der Waals surface area contributed by atoms with Crippen LogP contribution in [-0.2, 0) is 0 Å². The Morgan fingerprint density at radius 3 is 3.00 bits per heavy atom. The van der Waals surface area contributed by atoms with Gasteiger partial charge in [-0.15, -0.1) is 0 Å². The van der Waals surface area contributed by atoms with E-state index in [0.717, 1.165) is 11.8 Å². The number of fused-ring (bicyclic) bond motifs is 2. The molecule has 66 valence electrons. The van der Waals surface area contributed by atoms with Gasteiger partial charge in [-0.1, -0.05) is 46.4 Å². The molecule has 0 aromatic rings. The van der Waals surface area contributed by atoms with E-state index in [1.807, 2.05) is 0 Å². The van der Waals surface area contributed by atoms with E-state index in [9.17, 15) is 0 Å². The summed E-state index contributed by atoms with van der Waals surface area (Å²) >= 11 is 4.52. The second-order valence-corrected chi connectivity index (χ2v) is 5.56. The van der Waals surface area contributed by atoms with Crippen molar-refractivity contribution in [2.24, 2.45) is 11.8 Å². The van der Waals surface area contributed by atoms with Crippen LogP contribution in [0.3, 0.4) is 0 Å². The number of halogens is 1. The first kappa shape index (κ1) is 9.13. The molecule has 0 spiro atoms. The molecular formula is C10H13IS. The van der Waals surface area contributed by atoms with Gasteiger partial charge < -0.3 is 0 Å². The molecule has 2 rings (SSSR count). The second-order valence-electron chi connectivity index (χ2n) is 3.37. The third kappa shape index (κ3) is 1.90. The standard InChI is InChI=1S/C10H13IS/c11-3-4-12-7-10-6-8-1-2-9(10)5-8/h1-2,6,8-9H,3-5,7H2/t8-,9+/m0/s1. The van der Waals surface area contributed by atoms with Crippen molar-refractivity contribution in [3.05, 3.63) is 23.8 Å². The van der Waals surface area contributed by atoms with Crippen LogP contribution in [0.15, 0.2) is 23.8 Å². The van der Waals surface area contributed by atoms with Gasteiger partial charge >= 0.3 is 0 Å². The highest BCUT2D eigenvalue weighted by atomic mass is 127. The zero-order chi connectivity index (χ0) is 8.39. The lowest BCUT2D eigenvalue weighted by Crippen LogP contribution is -1.97. The molecule has 0 aliphatic heterocycles. The molecule has 0 saturated carbocycles. The van der Waals surface area contributed by atoms with Gasteiger partial charge in [-0.2, -0.15) is 11.8 Å². The third-order valence-electron chi connectivity index (χ3n) is 2.51. The normalized spacial score (nSPS) is 31.2. The molecule has 0 nitrogen and oxygen atoms in total. The fourth-order valence-electron chi connectivity index (χ4n) is 1.92. The average Bonchev–Trinajstić information content (AvgIpc) is 2.65. The van der Waals surface area contributed by atoms with Gasteiger partial charge in [0, 0.05) is 15.9 Å². The van der Waals surface area contributed by atoms with Crippen molar-refractivity contribution >= 4 is 34.4 Å².